The van der Waals surface area contributed by atoms with Crippen molar-refractivity contribution in [3.63, 3.8) is 0 Å². The molecule has 0 aliphatic carbocycles. The van der Waals surface area contributed by atoms with Crippen LogP contribution in [-0.2, 0) is 11.3 Å². The highest BCUT2D eigenvalue weighted by Crippen LogP contribution is 2.30. The Hall–Kier alpha value is -3.49. The molecule has 3 aromatic heterocycles. The summed E-state index contributed by atoms with van der Waals surface area (Å²) in [6.07, 6.45) is 1.66. The molecule has 4 heterocycles. The van der Waals surface area contributed by atoms with Gasteiger partial charge in [-0.3, -0.25) is 9.69 Å². The number of aromatic nitrogens is 3. The number of nitrogens with one attached hydrogen (secondary N) is 1. The van der Waals surface area contributed by atoms with Gasteiger partial charge < -0.3 is 14.5 Å². The third-order valence-corrected chi connectivity index (χ3v) is 6.58. The molecule has 1 aliphatic rings. The van der Waals surface area contributed by atoms with Crippen LogP contribution in [0.2, 0.25) is 0 Å². The second-order valence-corrected chi connectivity index (χ2v) is 9.73. The van der Waals surface area contributed by atoms with E-state index in [1.807, 2.05) is 36.7 Å². The number of hydrogen-bond acceptors (Lipinski definition) is 6. The lowest BCUT2D eigenvalue weighted by molar-refractivity contribution is -0.0292. The van der Waals surface area contributed by atoms with Gasteiger partial charge in [-0.05, 0) is 45.4 Å². The summed E-state index contributed by atoms with van der Waals surface area (Å²) in [6.45, 7) is 11.5. The minimum atomic E-state index is -0.159. The summed E-state index contributed by atoms with van der Waals surface area (Å²) >= 11 is 0. The highest BCUT2D eigenvalue weighted by atomic mass is 16.5. The van der Waals surface area contributed by atoms with E-state index in [1.54, 1.807) is 6.20 Å². The number of morpholine rings is 1. The average molecular weight is 488 g/mol. The molecule has 1 fully saturated rings. The van der Waals surface area contributed by atoms with E-state index in [2.05, 4.69) is 53.4 Å². The lowest BCUT2D eigenvalue weighted by atomic mass is 10.1. The van der Waals surface area contributed by atoms with Gasteiger partial charge in [0.15, 0.2) is 5.65 Å². The number of carbonyl (C=O) groups is 1. The lowest BCUT2D eigenvalue weighted by Crippen LogP contribution is -2.47. The molecule has 188 valence electrons. The maximum absolute atomic E-state index is 13.5. The van der Waals surface area contributed by atoms with Gasteiger partial charge in [0, 0.05) is 37.8 Å². The topological polar surface area (TPSA) is 85.4 Å². The zero-order valence-electron chi connectivity index (χ0n) is 21.3. The fourth-order valence-corrected chi connectivity index (χ4v) is 4.80. The van der Waals surface area contributed by atoms with E-state index in [0.717, 1.165) is 42.1 Å². The van der Waals surface area contributed by atoms with Crippen LogP contribution >= 0.6 is 0 Å². The van der Waals surface area contributed by atoms with Crippen molar-refractivity contribution >= 4 is 16.9 Å². The molecule has 0 spiro atoms. The zero-order valence-corrected chi connectivity index (χ0v) is 21.3. The van der Waals surface area contributed by atoms with Gasteiger partial charge in [0.2, 0.25) is 0 Å². The number of hydrogen-bond donors (Lipinski definition) is 1. The van der Waals surface area contributed by atoms with Crippen LogP contribution in [0.1, 0.15) is 47.3 Å². The van der Waals surface area contributed by atoms with Crippen molar-refractivity contribution in [2.24, 2.45) is 0 Å². The molecule has 1 aliphatic heterocycles. The normalized spacial score (nSPS) is 16.6. The molecule has 8 heteroatoms. The zero-order chi connectivity index (χ0) is 25.2. The van der Waals surface area contributed by atoms with Crippen molar-refractivity contribution in [3.05, 3.63) is 71.3 Å². The molecule has 1 N–H and O–H groups in total. The molecule has 36 heavy (non-hydrogen) atoms. The molecule has 5 rings (SSSR count). The minimum absolute atomic E-state index is 0.0691. The van der Waals surface area contributed by atoms with Gasteiger partial charge in [-0.25, -0.2) is 9.67 Å². The van der Waals surface area contributed by atoms with Crippen LogP contribution in [0.5, 0.6) is 0 Å². The van der Waals surface area contributed by atoms with E-state index in [9.17, 15) is 4.79 Å². The van der Waals surface area contributed by atoms with Gasteiger partial charge in [0.25, 0.3) is 5.91 Å². The Bertz CT molecular complexity index is 1360. The molecule has 0 bridgehead atoms. The van der Waals surface area contributed by atoms with Gasteiger partial charge in [-0.2, -0.15) is 5.10 Å². The molecular formula is C28H33N5O3. The third kappa shape index (κ3) is 5.05. The quantitative estimate of drug-likeness (QED) is 0.413. The average Bonchev–Trinajstić information content (AvgIpc) is 3.45. The van der Waals surface area contributed by atoms with Crippen LogP contribution in [0.25, 0.3) is 22.3 Å². The summed E-state index contributed by atoms with van der Waals surface area (Å²) in [7, 11) is 0. The summed E-state index contributed by atoms with van der Waals surface area (Å²) in [5, 5.41) is 8.36. The molecule has 1 atom stereocenters. The van der Waals surface area contributed by atoms with Gasteiger partial charge in [0.1, 0.15) is 11.5 Å². The first-order valence-electron chi connectivity index (χ1n) is 12.5. The standard InChI is InChI=1S/C28H33N5O3/c1-18(2)33-27-25(15-30-33)24(13-26(31-27)23-12-19(3)36-20(23)4)28(34)29-14-22-17-32(10-11-35-22)16-21-8-6-5-7-9-21/h5-9,12-13,15,18,22H,10-11,14,16-17H2,1-4H3,(H,29,34). The fraction of sp³-hybridized carbons (Fsp3) is 0.393. The first-order valence-corrected chi connectivity index (χ1v) is 12.5. The van der Waals surface area contributed by atoms with Crippen LogP contribution in [0.3, 0.4) is 0 Å². The van der Waals surface area contributed by atoms with E-state index < -0.39 is 0 Å². The second kappa shape index (κ2) is 10.2. The molecule has 1 amide bonds. The molecule has 1 aromatic carbocycles. The van der Waals surface area contributed by atoms with Crippen molar-refractivity contribution < 1.29 is 13.9 Å². The Morgan fingerprint density at radius 1 is 1.19 bits per heavy atom. The predicted molar refractivity (Wildman–Crippen MR) is 139 cm³/mol. The summed E-state index contributed by atoms with van der Waals surface area (Å²) in [4.78, 5) is 20.7. The van der Waals surface area contributed by atoms with Crippen molar-refractivity contribution in [3.8, 4) is 11.3 Å². The van der Waals surface area contributed by atoms with Gasteiger partial charge in [0.05, 0.1) is 35.6 Å². The summed E-state index contributed by atoms with van der Waals surface area (Å²) in [5.41, 5.74) is 4.10. The summed E-state index contributed by atoms with van der Waals surface area (Å²) < 4.78 is 13.6. The Morgan fingerprint density at radius 3 is 2.72 bits per heavy atom. The number of ether oxygens (including phenoxy) is 1. The smallest absolute Gasteiger partial charge is 0.252 e. The number of aryl methyl sites for hydroxylation is 2. The van der Waals surface area contributed by atoms with Crippen LogP contribution < -0.4 is 5.32 Å². The number of amides is 1. The molecule has 8 nitrogen and oxygen atoms in total. The SMILES string of the molecule is Cc1cc(-c2cc(C(=O)NCC3CN(Cc4ccccc4)CCO3)c3cnn(C(C)C)c3n2)c(C)o1. The number of carbonyl (C=O) groups excluding carboxylic acids is 1. The molecule has 1 saturated heterocycles. The Balaban J connectivity index is 1.36. The molecule has 0 radical (unpaired) electrons. The maximum atomic E-state index is 13.5. The number of pyridine rings is 1. The van der Waals surface area contributed by atoms with E-state index in [0.29, 0.717) is 30.1 Å². The highest BCUT2D eigenvalue weighted by molar-refractivity contribution is 6.06. The predicted octanol–water partition coefficient (Wildman–Crippen LogP) is 4.52. The Kier molecular flexibility index (Phi) is 6.89. The van der Waals surface area contributed by atoms with Crippen molar-refractivity contribution in [1.82, 2.24) is 25.0 Å². The first-order chi connectivity index (χ1) is 17.4. The van der Waals surface area contributed by atoms with E-state index in [-0.39, 0.29) is 18.1 Å². The van der Waals surface area contributed by atoms with Crippen LogP contribution in [0.4, 0.5) is 0 Å². The van der Waals surface area contributed by atoms with Crippen molar-refractivity contribution in [1.29, 1.82) is 0 Å². The number of rotatable bonds is 7. The Morgan fingerprint density at radius 2 is 2.00 bits per heavy atom. The lowest BCUT2D eigenvalue weighted by Gasteiger charge is -2.33. The monoisotopic (exact) mass is 487 g/mol. The number of nitrogens with zero attached hydrogens (tertiary/aromatic N) is 4. The van der Waals surface area contributed by atoms with Gasteiger partial charge in [-0.15, -0.1) is 0 Å². The molecular weight excluding hydrogens is 454 g/mol. The molecule has 1 unspecified atom stereocenters. The van der Waals surface area contributed by atoms with Gasteiger partial charge >= 0.3 is 0 Å². The molecule has 4 aromatic rings. The third-order valence-electron chi connectivity index (χ3n) is 6.58. The number of fused-ring (bicyclic) bond motifs is 1. The maximum Gasteiger partial charge on any atom is 0.252 e. The minimum Gasteiger partial charge on any atom is -0.466 e. The van der Waals surface area contributed by atoms with Crippen molar-refractivity contribution in [2.45, 2.75) is 46.4 Å². The van der Waals surface area contributed by atoms with Crippen LogP contribution in [-0.4, -0.2) is 57.9 Å². The van der Waals surface area contributed by atoms with E-state index in [1.165, 1.54) is 5.56 Å². The Labute approximate surface area is 211 Å². The number of furan rings is 1. The van der Waals surface area contributed by atoms with Gasteiger partial charge in [-0.1, -0.05) is 30.3 Å². The fourth-order valence-electron chi connectivity index (χ4n) is 4.80. The molecule has 0 saturated carbocycles. The summed E-state index contributed by atoms with van der Waals surface area (Å²) in [5.74, 6) is 1.42. The van der Waals surface area contributed by atoms with Crippen molar-refractivity contribution in [2.75, 3.05) is 26.2 Å². The first kappa shape index (κ1) is 24.2. The van der Waals surface area contributed by atoms with Crippen LogP contribution in [0.15, 0.2) is 53.1 Å². The van der Waals surface area contributed by atoms with E-state index >= 15 is 0 Å². The largest absolute Gasteiger partial charge is 0.466 e. The van der Waals surface area contributed by atoms with E-state index in [4.69, 9.17) is 14.1 Å². The highest BCUT2D eigenvalue weighted by Gasteiger charge is 2.24. The second-order valence-electron chi connectivity index (χ2n) is 9.73. The summed E-state index contributed by atoms with van der Waals surface area (Å²) in [6, 6.07) is 14.3. The number of benzene rings is 1. The van der Waals surface area contributed by atoms with Crippen LogP contribution in [0, 0.1) is 13.8 Å².